The van der Waals surface area contributed by atoms with Crippen molar-refractivity contribution in [1.82, 2.24) is 15.0 Å². The van der Waals surface area contributed by atoms with Crippen LogP contribution in [-0.4, -0.2) is 41.3 Å². The quantitative estimate of drug-likeness (QED) is 0.709. The molecule has 2 aromatic heterocycles. The molecule has 7 heteroatoms. The highest BCUT2D eigenvalue weighted by Gasteiger charge is 2.22. The maximum Gasteiger partial charge on any atom is 0.241 e. The van der Waals surface area contributed by atoms with Gasteiger partial charge in [0.1, 0.15) is 12.7 Å². The fraction of sp³-hybridized carbons (Fsp3) is 0.294. The Balaban J connectivity index is 1.35. The molecule has 1 aromatic carbocycles. The van der Waals surface area contributed by atoms with Crippen LogP contribution in [0.1, 0.15) is 5.89 Å². The fourth-order valence-corrected chi connectivity index (χ4v) is 3.27. The molecule has 3 heterocycles. The van der Waals surface area contributed by atoms with Gasteiger partial charge in [0.05, 0.1) is 11.4 Å². The molecule has 1 aliphatic rings. The maximum atomic E-state index is 5.97. The van der Waals surface area contributed by atoms with Gasteiger partial charge in [-0.15, -0.1) is 11.3 Å². The van der Waals surface area contributed by atoms with Crippen LogP contribution in [0.4, 0.5) is 0 Å². The zero-order valence-electron chi connectivity index (χ0n) is 13.2. The van der Waals surface area contributed by atoms with Gasteiger partial charge in [-0.2, -0.15) is 4.98 Å². The van der Waals surface area contributed by atoms with Crippen LogP contribution in [0.2, 0.25) is 0 Å². The highest BCUT2D eigenvalue weighted by molar-refractivity contribution is 7.13. The molecule has 124 valence electrons. The molecule has 0 amide bonds. The minimum Gasteiger partial charge on any atom is -0.486 e. The molecule has 0 N–H and O–H groups in total. The first-order chi connectivity index (χ1) is 11.8. The smallest absolute Gasteiger partial charge is 0.241 e. The van der Waals surface area contributed by atoms with Crippen molar-refractivity contribution in [3.63, 3.8) is 0 Å². The molecule has 0 bridgehead atoms. The third-order valence-corrected chi connectivity index (χ3v) is 4.56. The normalized spacial score (nSPS) is 16.5. The zero-order chi connectivity index (χ0) is 16.4. The molecule has 24 heavy (non-hydrogen) atoms. The van der Waals surface area contributed by atoms with E-state index in [1.165, 1.54) is 0 Å². The second kappa shape index (κ2) is 6.62. The molecule has 6 nitrogen and oxygen atoms in total. The highest BCUT2D eigenvalue weighted by Crippen LogP contribution is 2.31. The number of benzene rings is 1. The second-order valence-corrected chi connectivity index (χ2v) is 6.63. The van der Waals surface area contributed by atoms with Crippen LogP contribution in [0, 0.1) is 0 Å². The molecule has 1 atom stereocenters. The second-order valence-electron chi connectivity index (χ2n) is 5.68. The monoisotopic (exact) mass is 343 g/mol. The van der Waals surface area contributed by atoms with E-state index in [-0.39, 0.29) is 6.10 Å². The van der Waals surface area contributed by atoms with E-state index in [9.17, 15) is 0 Å². The minimum absolute atomic E-state index is 0.0235. The summed E-state index contributed by atoms with van der Waals surface area (Å²) in [7, 11) is 2.00. The van der Waals surface area contributed by atoms with Crippen LogP contribution < -0.4 is 9.47 Å². The summed E-state index contributed by atoms with van der Waals surface area (Å²) in [5.74, 6) is 2.83. The first-order valence-electron chi connectivity index (χ1n) is 7.71. The summed E-state index contributed by atoms with van der Waals surface area (Å²) < 4.78 is 17.0. The Kier molecular flexibility index (Phi) is 4.18. The predicted molar refractivity (Wildman–Crippen MR) is 90.3 cm³/mol. The largest absolute Gasteiger partial charge is 0.486 e. The lowest BCUT2D eigenvalue weighted by Gasteiger charge is -2.29. The third kappa shape index (κ3) is 3.27. The number of thiophene rings is 1. The molecule has 3 aromatic rings. The van der Waals surface area contributed by atoms with E-state index < -0.39 is 0 Å². The fourth-order valence-electron chi connectivity index (χ4n) is 2.62. The standard InChI is InChI=1S/C17H17N3O3S/c1-20(9-12-11-21-13-5-2-3-6-14(13)22-12)10-16-18-17(19-23-16)15-7-4-8-24-15/h2-8,12H,9-11H2,1H3. The number of ether oxygens (including phenoxy) is 2. The lowest BCUT2D eigenvalue weighted by Crippen LogP contribution is -2.39. The van der Waals surface area contributed by atoms with Crippen molar-refractivity contribution < 1.29 is 14.0 Å². The molecule has 0 spiro atoms. The number of fused-ring (bicyclic) bond motifs is 1. The molecule has 0 radical (unpaired) electrons. The molecule has 4 rings (SSSR count). The number of para-hydroxylation sites is 2. The number of nitrogens with zero attached hydrogens (tertiary/aromatic N) is 3. The van der Waals surface area contributed by atoms with Crippen molar-refractivity contribution >= 4 is 11.3 Å². The number of aromatic nitrogens is 2. The van der Waals surface area contributed by atoms with Crippen LogP contribution in [-0.2, 0) is 6.54 Å². The van der Waals surface area contributed by atoms with Gasteiger partial charge in [0, 0.05) is 6.54 Å². The van der Waals surface area contributed by atoms with Crippen LogP contribution in [0.5, 0.6) is 11.5 Å². The minimum atomic E-state index is -0.0235. The van der Waals surface area contributed by atoms with Crippen molar-refractivity contribution in [2.75, 3.05) is 20.2 Å². The van der Waals surface area contributed by atoms with Gasteiger partial charge < -0.3 is 14.0 Å². The third-order valence-electron chi connectivity index (χ3n) is 3.70. The van der Waals surface area contributed by atoms with Crippen LogP contribution in [0.15, 0.2) is 46.3 Å². The molecule has 0 saturated carbocycles. The van der Waals surface area contributed by atoms with Gasteiger partial charge in [0.2, 0.25) is 11.7 Å². The molecule has 1 unspecified atom stereocenters. The molecular weight excluding hydrogens is 326 g/mol. The summed E-state index contributed by atoms with van der Waals surface area (Å²) in [6.07, 6.45) is -0.0235. The van der Waals surface area contributed by atoms with Crippen LogP contribution in [0.3, 0.4) is 0 Å². The molecule has 0 fully saturated rings. The summed E-state index contributed by atoms with van der Waals surface area (Å²) in [5.41, 5.74) is 0. The summed E-state index contributed by atoms with van der Waals surface area (Å²) >= 11 is 1.60. The van der Waals surface area contributed by atoms with E-state index >= 15 is 0 Å². The molecule has 0 aliphatic carbocycles. The predicted octanol–water partition coefficient (Wildman–Crippen LogP) is 3.07. The van der Waals surface area contributed by atoms with Crippen molar-refractivity contribution in [2.24, 2.45) is 0 Å². The van der Waals surface area contributed by atoms with E-state index in [1.54, 1.807) is 11.3 Å². The van der Waals surface area contributed by atoms with Gasteiger partial charge in [0.15, 0.2) is 11.5 Å². The zero-order valence-corrected chi connectivity index (χ0v) is 14.0. The van der Waals surface area contributed by atoms with Crippen molar-refractivity contribution in [2.45, 2.75) is 12.6 Å². The van der Waals surface area contributed by atoms with Crippen molar-refractivity contribution in [1.29, 1.82) is 0 Å². The van der Waals surface area contributed by atoms with E-state index in [2.05, 4.69) is 15.0 Å². The molecule has 1 aliphatic heterocycles. The Bertz CT molecular complexity index is 803. The maximum absolute atomic E-state index is 5.97. The van der Waals surface area contributed by atoms with Gasteiger partial charge in [0.25, 0.3) is 0 Å². The van der Waals surface area contributed by atoms with E-state index in [0.717, 1.165) is 16.4 Å². The topological polar surface area (TPSA) is 60.6 Å². The van der Waals surface area contributed by atoms with Crippen LogP contribution in [0.25, 0.3) is 10.7 Å². The van der Waals surface area contributed by atoms with Gasteiger partial charge in [-0.3, -0.25) is 4.90 Å². The Hall–Kier alpha value is -2.38. The van der Waals surface area contributed by atoms with Gasteiger partial charge in [-0.05, 0) is 30.6 Å². The summed E-state index contributed by atoms with van der Waals surface area (Å²) in [5, 5.41) is 6.03. The number of rotatable bonds is 5. The Morgan fingerprint density at radius 3 is 2.92 bits per heavy atom. The molecular formula is C17H17N3O3S. The SMILES string of the molecule is CN(Cc1nc(-c2cccs2)no1)CC1COc2ccccc2O1. The van der Waals surface area contributed by atoms with Crippen LogP contribution >= 0.6 is 11.3 Å². The van der Waals surface area contributed by atoms with E-state index in [1.807, 2.05) is 48.8 Å². The van der Waals surface area contributed by atoms with Crippen molar-refractivity contribution in [3.05, 3.63) is 47.7 Å². The van der Waals surface area contributed by atoms with Gasteiger partial charge in [-0.1, -0.05) is 23.4 Å². The lowest BCUT2D eigenvalue weighted by atomic mass is 10.2. The summed E-state index contributed by atoms with van der Waals surface area (Å²) in [4.78, 5) is 7.54. The van der Waals surface area contributed by atoms with Gasteiger partial charge in [-0.25, -0.2) is 0 Å². The Labute approximate surface area is 143 Å². The Morgan fingerprint density at radius 1 is 1.21 bits per heavy atom. The number of hydrogen-bond acceptors (Lipinski definition) is 7. The highest BCUT2D eigenvalue weighted by atomic mass is 32.1. The van der Waals surface area contributed by atoms with Crippen molar-refractivity contribution in [3.8, 4) is 22.2 Å². The number of likely N-dealkylation sites (N-methyl/N-ethyl adjacent to an activating group) is 1. The average molecular weight is 343 g/mol. The average Bonchev–Trinajstić information content (AvgIpc) is 3.26. The first kappa shape index (κ1) is 15.2. The number of hydrogen-bond donors (Lipinski definition) is 0. The summed E-state index contributed by atoms with van der Waals surface area (Å²) in [6, 6.07) is 11.7. The van der Waals surface area contributed by atoms with Gasteiger partial charge >= 0.3 is 0 Å². The molecule has 0 saturated heterocycles. The first-order valence-corrected chi connectivity index (χ1v) is 8.59. The van der Waals surface area contributed by atoms with E-state index in [4.69, 9.17) is 14.0 Å². The van der Waals surface area contributed by atoms with E-state index in [0.29, 0.717) is 31.4 Å². The summed E-state index contributed by atoms with van der Waals surface area (Å²) in [6.45, 7) is 1.82. The Morgan fingerprint density at radius 2 is 2.08 bits per heavy atom. The lowest BCUT2D eigenvalue weighted by molar-refractivity contribution is 0.0613.